The highest BCUT2D eigenvalue weighted by atomic mass is 16.3. The Morgan fingerprint density at radius 1 is 1.20 bits per heavy atom. The Bertz CT molecular complexity index is 794. The summed E-state index contributed by atoms with van der Waals surface area (Å²) in [5, 5.41) is 14.6. The van der Waals surface area contributed by atoms with Crippen LogP contribution < -0.4 is 0 Å². The lowest BCUT2D eigenvalue weighted by atomic mass is 9.93. The maximum atomic E-state index is 5.94. The van der Waals surface area contributed by atoms with Crippen molar-refractivity contribution in [2.75, 3.05) is 13.1 Å². The lowest BCUT2D eigenvalue weighted by Crippen LogP contribution is -2.32. The van der Waals surface area contributed by atoms with Crippen LogP contribution in [0.4, 0.5) is 0 Å². The van der Waals surface area contributed by atoms with Crippen molar-refractivity contribution in [1.82, 2.24) is 25.3 Å². The molecule has 1 aliphatic rings. The molecule has 0 atom stereocenters. The Balaban J connectivity index is 1.33. The molecule has 4 heterocycles. The SMILES string of the molecule is CC(C)c1cc(C2CCN(Cc3ccc(-c4ccn[nH]4)o3)CC2)[nH]n1. The number of furan rings is 1. The monoisotopic (exact) mass is 339 g/mol. The molecule has 25 heavy (non-hydrogen) atoms. The number of H-pyrrole nitrogens is 2. The van der Waals surface area contributed by atoms with Crippen molar-refractivity contribution in [2.24, 2.45) is 0 Å². The molecule has 0 aliphatic carbocycles. The number of aromatic nitrogens is 4. The second kappa shape index (κ2) is 6.88. The largest absolute Gasteiger partial charge is 0.458 e. The van der Waals surface area contributed by atoms with Crippen LogP contribution in [0.25, 0.3) is 11.5 Å². The van der Waals surface area contributed by atoms with Gasteiger partial charge in [0.25, 0.3) is 0 Å². The average molecular weight is 339 g/mol. The molecule has 0 spiro atoms. The molecule has 0 bridgehead atoms. The normalized spacial score (nSPS) is 16.8. The Labute approximate surface area is 147 Å². The third kappa shape index (κ3) is 3.54. The number of rotatable bonds is 5. The van der Waals surface area contributed by atoms with Gasteiger partial charge in [-0.25, -0.2) is 0 Å². The molecular weight excluding hydrogens is 314 g/mol. The molecule has 1 fully saturated rings. The lowest BCUT2D eigenvalue weighted by Gasteiger charge is -2.30. The molecule has 6 nitrogen and oxygen atoms in total. The fraction of sp³-hybridized carbons (Fsp3) is 0.474. The van der Waals surface area contributed by atoms with E-state index in [0.717, 1.165) is 49.7 Å². The second-order valence-corrected chi connectivity index (χ2v) is 7.19. The van der Waals surface area contributed by atoms with Crippen molar-refractivity contribution in [2.45, 2.75) is 45.1 Å². The summed E-state index contributed by atoms with van der Waals surface area (Å²) in [5.41, 5.74) is 3.38. The molecule has 0 radical (unpaired) electrons. The Morgan fingerprint density at radius 3 is 2.72 bits per heavy atom. The number of nitrogens with one attached hydrogen (secondary N) is 2. The van der Waals surface area contributed by atoms with E-state index in [9.17, 15) is 0 Å². The van der Waals surface area contributed by atoms with Crippen LogP contribution in [0.1, 0.15) is 55.7 Å². The second-order valence-electron chi connectivity index (χ2n) is 7.19. The molecule has 3 aromatic rings. The summed E-state index contributed by atoms with van der Waals surface area (Å²) < 4.78 is 5.94. The molecule has 132 valence electrons. The first-order valence-corrected chi connectivity index (χ1v) is 9.05. The first-order chi connectivity index (χ1) is 12.2. The van der Waals surface area contributed by atoms with Crippen LogP contribution in [0.5, 0.6) is 0 Å². The van der Waals surface area contributed by atoms with Crippen LogP contribution in [0.2, 0.25) is 0 Å². The van der Waals surface area contributed by atoms with Gasteiger partial charge in [-0.15, -0.1) is 0 Å². The molecule has 4 rings (SSSR count). The maximum absolute atomic E-state index is 5.94. The van der Waals surface area contributed by atoms with E-state index in [1.165, 1.54) is 11.4 Å². The van der Waals surface area contributed by atoms with Crippen molar-refractivity contribution in [3.63, 3.8) is 0 Å². The molecule has 3 aromatic heterocycles. The third-order valence-electron chi connectivity index (χ3n) is 5.04. The molecule has 1 saturated heterocycles. The highest BCUT2D eigenvalue weighted by Gasteiger charge is 2.23. The minimum Gasteiger partial charge on any atom is -0.458 e. The van der Waals surface area contributed by atoms with Crippen molar-refractivity contribution in [3.8, 4) is 11.5 Å². The van der Waals surface area contributed by atoms with Gasteiger partial charge < -0.3 is 4.42 Å². The van der Waals surface area contributed by atoms with E-state index >= 15 is 0 Å². The molecule has 2 N–H and O–H groups in total. The molecule has 0 unspecified atom stereocenters. The number of likely N-dealkylation sites (tertiary alicyclic amines) is 1. The summed E-state index contributed by atoms with van der Waals surface area (Å²) in [6.07, 6.45) is 4.06. The zero-order valence-electron chi connectivity index (χ0n) is 14.8. The first-order valence-electron chi connectivity index (χ1n) is 9.05. The highest BCUT2D eigenvalue weighted by molar-refractivity contribution is 5.51. The summed E-state index contributed by atoms with van der Waals surface area (Å²) in [6, 6.07) is 8.23. The van der Waals surface area contributed by atoms with Crippen molar-refractivity contribution >= 4 is 0 Å². The lowest BCUT2D eigenvalue weighted by molar-refractivity contribution is 0.190. The summed E-state index contributed by atoms with van der Waals surface area (Å²) in [4.78, 5) is 2.46. The topological polar surface area (TPSA) is 73.7 Å². The van der Waals surface area contributed by atoms with E-state index in [0.29, 0.717) is 11.8 Å². The Kier molecular flexibility index (Phi) is 4.44. The fourth-order valence-electron chi connectivity index (χ4n) is 3.48. The van der Waals surface area contributed by atoms with Crippen molar-refractivity contribution in [3.05, 3.63) is 47.6 Å². The van der Waals surface area contributed by atoms with Crippen molar-refractivity contribution in [1.29, 1.82) is 0 Å². The van der Waals surface area contributed by atoms with Gasteiger partial charge in [0.1, 0.15) is 11.5 Å². The van der Waals surface area contributed by atoms with Crippen molar-refractivity contribution < 1.29 is 4.42 Å². The number of nitrogens with zero attached hydrogens (tertiary/aromatic N) is 3. The molecule has 1 aliphatic heterocycles. The number of hydrogen-bond donors (Lipinski definition) is 2. The molecule has 0 amide bonds. The van der Waals surface area contributed by atoms with E-state index in [1.54, 1.807) is 6.20 Å². The Morgan fingerprint density at radius 2 is 2.04 bits per heavy atom. The standard InChI is InChI=1S/C19H25N5O/c1-13(2)17-11-18(23-22-17)14-6-9-24(10-7-14)12-15-3-4-19(25-15)16-5-8-20-21-16/h3-5,8,11,13-14H,6-7,9-10,12H2,1-2H3,(H,20,21)(H,22,23). The Hall–Kier alpha value is -2.34. The first kappa shape index (κ1) is 16.1. The smallest absolute Gasteiger partial charge is 0.152 e. The van der Waals surface area contributed by atoms with Gasteiger partial charge >= 0.3 is 0 Å². The number of aromatic amines is 2. The fourth-order valence-corrected chi connectivity index (χ4v) is 3.48. The van der Waals surface area contributed by atoms with E-state index in [-0.39, 0.29) is 0 Å². The maximum Gasteiger partial charge on any atom is 0.152 e. The molecule has 0 aromatic carbocycles. The molecule has 6 heteroatoms. The zero-order chi connectivity index (χ0) is 17.2. The molecular formula is C19H25N5O. The minimum atomic E-state index is 0.480. The van der Waals surface area contributed by atoms with Crippen LogP contribution in [-0.4, -0.2) is 38.4 Å². The van der Waals surface area contributed by atoms with Gasteiger partial charge in [-0.2, -0.15) is 10.2 Å². The van der Waals surface area contributed by atoms with Gasteiger partial charge in [-0.1, -0.05) is 13.8 Å². The predicted octanol–water partition coefficient (Wildman–Crippen LogP) is 3.90. The van der Waals surface area contributed by atoms with Crippen LogP contribution in [-0.2, 0) is 6.54 Å². The number of piperidine rings is 1. The van der Waals surface area contributed by atoms with Gasteiger partial charge in [0.05, 0.1) is 12.2 Å². The predicted molar refractivity (Wildman–Crippen MR) is 96.2 cm³/mol. The van der Waals surface area contributed by atoms with Gasteiger partial charge in [0.2, 0.25) is 0 Å². The summed E-state index contributed by atoms with van der Waals surface area (Å²) in [5.74, 6) is 2.93. The van der Waals surface area contributed by atoms with E-state index in [2.05, 4.69) is 51.3 Å². The summed E-state index contributed by atoms with van der Waals surface area (Å²) in [7, 11) is 0. The van der Waals surface area contributed by atoms with Crippen LogP contribution >= 0.6 is 0 Å². The van der Waals surface area contributed by atoms with Gasteiger partial charge in [-0.3, -0.25) is 15.1 Å². The van der Waals surface area contributed by atoms with Gasteiger partial charge in [-0.05, 0) is 56.1 Å². The van der Waals surface area contributed by atoms with Crippen LogP contribution in [0.3, 0.4) is 0 Å². The average Bonchev–Trinajstić information content (AvgIpc) is 3.36. The summed E-state index contributed by atoms with van der Waals surface area (Å²) >= 11 is 0. The minimum absolute atomic E-state index is 0.480. The van der Waals surface area contributed by atoms with E-state index < -0.39 is 0 Å². The number of hydrogen-bond acceptors (Lipinski definition) is 4. The van der Waals surface area contributed by atoms with Crippen LogP contribution in [0, 0.1) is 0 Å². The van der Waals surface area contributed by atoms with E-state index in [1.807, 2.05) is 12.1 Å². The quantitative estimate of drug-likeness (QED) is 0.739. The van der Waals surface area contributed by atoms with Gasteiger partial charge in [0, 0.05) is 17.8 Å². The van der Waals surface area contributed by atoms with Crippen LogP contribution in [0.15, 0.2) is 34.9 Å². The van der Waals surface area contributed by atoms with Gasteiger partial charge in [0.15, 0.2) is 5.76 Å². The highest BCUT2D eigenvalue weighted by Crippen LogP contribution is 2.29. The van der Waals surface area contributed by atoms with E-state index in [4.69, 9.17) is 4.42 Å². The third-order valence-corrected chi connectivity index (χ3v) is 5.04. The molecule has 0 saturated carbocycles. The summed E-state index contributed by atoms with van der Waals surface area (Å²) in [6.45, 7) is 7.40. The zero-order valence-corrected chi connectivity index (χ0v) is 14.8.